The van der Waals surface area contributed by atoms with Crippen LogP contribution in [0.5, 0.6) is 11.5 Å². The predicted octanol–water partition coefficient (Wildman–Crippen LogP) is 2.29. The van der Waals surface area contributed by atoms with Gasteiger partial charge in [-0.15, -0.1) is 0 Å². The second kappa shape index (κ2) is 6.23. The molecule has 0 saturated carbocycles. The summed E-state index contributed by atoms with van der Waals surface area (Å²) < 4.78 is 15.0. The lowest BCUT2D eigenvalue weighted by molar-refractivity contribution is -0.142. The smallest absolute Gasteiger partial charge is 0.343 e. The van der Waals surface area contributed by atoms with E-state index in [0.29, 0.717) is 23.1 Å². The Balaban J connectivity index is 2.79. The molecule has 0 saturated heterocycles. The molecule has 0 aromatic heterocycles. The highest BCUT2D eigenvalue weighted by molar-refractivity contribution is 6.32. The normalized spacial score (nSPS) is 9.69. The maximum absolute atomic E-state index is 10.9. The van der Waals surface area contributed by atoms with Crippen LogP contribution in [0.15, 0.2) is 18.2 Å². The third kappa shape index (κ3) is 3.31. The number of esters is 1. The standard InChI is InChI=1S/C11H13ClO4/c1-3-15-9-6-4-5-8(12)11(9)16-7-10(13)14-2/h4-6H,3,7H2,1-2H3. The van der Waals surface area contributed by atoms with Crippen LogP contribution in [0.25, 0.3) is 0 Å². The van der Waals surface area contributed by atoms with Crippen molar-refractivity contribution < 1.29 is 19.0 Å². The van der Waals surface area contributed by atoms with Gasteiger partial charge in [0.25, 0.3) is 0 Å². The number of carbonyl (C=O) groups is 1. The minimum atomic E-state index is -0.470. The lowest BCUT2D eigenvalue weighted by Crippen LogP contribution is -2.13. The molecule has 0 N–H and O–H groups in total. The average molecular weight is 245 g/mol. The van der Waals surface area contributed by atoms with Crippen LogP contribution in [0.4, 0.5) is 0 Å². The van der Waals surface area contributed by atoms with Crippen LogP contribution in [0.3, 0.4) is 0 Å². The number of benzene rings is 1. The molecule has 1 aromatic carbocycles. The summed E-state index contributed by atoms with van der Waals surface area (Å²) in [4.78, 5) is 10.9. The largest absolute Gasteiger partial charge is 0.490 e. The van der Waals surface area contributed by atoms with Gasteiger partial charge in [0, 0.05) is 0 Å². The molecule has 0 aliphatic carbocycles. The van der Waals surface area contributed by atoms with E-state index < -0.39 is 5.97 Å². The summed E-state index contributed by atoms with van der Waals surface area (Å²) >= 11 is 5.93. The molecule has 0 aliphatic heterocycles. The van der Waals surface area contributed by atoms with Crippen LogP contribution in [0.2, 0.25) is 5.02 Å². The fourth-order valence-electron chi connectivity index (χ4n) is 1.09. The Hall–Kier alpha value is -1.42. The van der Waals surface area contributed by atoms with E-state index in [0.717, 1.165) is 0 Å². The zero-order chi connectivity index (χ0) is 12.0. The Labute approximate surface area is 99.1 Å². The molecule has 1 aromatic rings. The minimum absolute atomic E-state index is 0.194. The van der Waals surface area contributed by atoms with Crippen molar-refractivity contribution in [2.45, 2.75) is 6.92 Å². The van der Waals surface area contributed by atoms with E-state index in [1.54, 1.807) is 18.2 Å². The maximum Gasteiger partial charge on any atom is 0.343 e. The van der Waals surface area contributed by atoms with Crippen molar-refractivity contribution >= 4 is 17.6 Å². The highest BCUT2D eigenvalue weighted by atomic mass is 35.5. The summed E-state index contributed by atoms with van der Waals surface area (Å²) in [6, 6.07) is 5.14. The van der Waals surface area contributed by atoms with Crippen molar-refractivity contribution in [1.82, 2.24) is 0 Å². The fraction of sp³-hybridized carbons (Fsp3) is 0.364. The molecule has 0 unspecified atom stereocenters. The van der Waals surface area contributed by atoms with Crippen molar-refractivity contribution in [3.8, 4) is 11.5 Å². The van der Waals surface area contributed by atoms with Crippen molar-refractivity contribution in [1.29, 1.82) is 0 Å². The van der Waals surface area contributed by atoms with Gasteiger partial charge in [-0.05, 0) is 19.1 Å². The minimum Gasteiger partial charge on any atom is -0.490 e. The van der Waals surface area contributed by atoms with E-state index in [9.17, 15) is 4.79 Å². The van der Waals surface area contributed by atoms with E-state index in [1.165, 1.54) is 7.11 Å². The Kier molecular flexibility index (Phi) is 4.92. The Morgan fingerprint density at radius 1 is 1.38 bits per heavy atom. The summed E-state index contributed by atoms with van der Waals surface area (Å²) in [6.45, 7) is 2.15. The summed E-state index contributed by atoms with van der Waals surface area (Å²) in [5.74, 6) is 0.401. The first kappa shape index (κ1) is 12.6. The molecule has 0 amide bonds. The Morgan fingerprint density at radius 2 is 2.12 bits per heavy atom. The van der Waals surface area contributed by atoms with Gasteiger partial charge in [0.1, 0.15) is 0 Å². The topological polar surface area (TPSA) is 44.8 Å². The monoisotopic (exact) mass is 244 g/mol. The van der Waals surface area contributed by atoms with Gasteiger partial charge < -0.3 is 14.2 Å². The van der Waals surface area contributed by atoms with Crippen LogP contribution >= 0.6 is 11.6 Å². The van der Waals surface area contributed by atoms with Gasteiger partial charge >= 0.3 is 5.97 Å². The average Bonchev–Trinajstić information content (AvgIpc) is 2.28. The second-order valence-corrected chi connectivity index (χ2v) is 3.27. The number of hydrogen-bond donors (Lipinski definition) is 0. The van der Waals surface area contributed by atoms with Crippen molar-refractivity contribution in [2.75, 3.05) is 20.3 Å². The molecule has 0 atom stereocenters. The van der Waals surface area contributed by atoms with Crippen LogP contribution < -0.4 is 9.47 Å². The summed E-state index contributed by atoms with van der Waals surface area (Å²) in [6.07, 6.45) is 0. The molecule has 0 heterocycles. The molecule has 0 fully saturated rings. The third-order valence-corrected chi connectivity index (χ3v) is 2.09. The van der Waals surface area contributed by atoms with E-state index >= 15 is 0 Å². The number of halogens is 1. The van der Waals surface area contributed by atoms with E-state index in [-0.39, 0.29) is 6.61 Å². The number of hydrogen-bond acceptors (Lipinski definition) is 4. The number of methoxy groups -OCH3 is 1. The van der Waals surface area contributed by atoms with Gasteiger partial charge in [-0.1, -0.05) is 17.7 Å². The van der Waals surface area contributed by atoms with Crippen LogP contribution in [0.1, 0.15) is 6.92 Å². The van der Waals surface area contributed by atoms with Gasteiger partial charge in [0.2, 0.25) is 0 Å². The quantitative estimate of drug-likeness (QED) is 0.746. The molecule has 16 heavy (non-hydrogen) atoms. The molecular weight excluding hydrogens is 232 g/mol. The van der Waals surface area contributed by atoms with E-state index in [2.05, 4.69) is 4.74 Å². The summed E-state index contributed by atoms with van der Waals surface area (Å²) in [5.41, 5.74) is 0. The second-order valence-electron chi connectivity index (χ2n) is 2.86. The van der Waals surface area contributed by atoms with Crippen LogP contribution in [0, 0.1) is 0 Å². The van der Waals surface area contributed by atoms with Gasteiger partial charge in [0.05, 0.1) is 18.7 Å². The van der Waals surface area contributed by atoms with Crippen molar-refractivity contribution in [3.63, 3.8) is 0 Å². The van der Waals surface area contributed by atoms with Crippen molar-refractivity contribution in [3.05, 3.63) is 23.2 Å². The number of carbonyl (C=O) groups excluding carboxylic acids is 1. The molecule has 1 rings (SSSR count). The van der Waals surface area contributed by atoms with Crippen LogP contribution in [-0.2, 0) is 9.53 Å². The fourth-order valence-corrected chi connectivity index (χ4v) is 1.31. The zero-order valence-corrected chi connectivity index (χ0v) is 9.91. The van der Waals surface area contributed by atoms with Crippen LogP contribution in [-0.4, -0.2) is 26.3 Å². The van der Waals surface area contributed by atoms with E-state index in [4.69, 9.17) is 21.1 Å². The first-order valence-corrected chi connectivity index (χ1v) is 5.17. The SMILES string of the molecule is CCOc1cccc(Cl)c1OCC(=O)OC. The van der Waals surface area contributed by atoms with Crippen molar-refractivity contribution in [2.24, 2.45) is 0 Å². The highest BCUT2D eigenvalue weighted by Gasteiger charge is 2.11. The molecular formula is C11H13ClO4. The Bertz CT molecular complexity index is 365. The van der Waals surface area contributed by atoms with Gasteiger partial charge in [0.15, 0.2) is 18.1 Å². The first-order chi connectivity index (χ1) is 7.69. The molecule has 88 valence electrons. The summed E-state index contributed by atoms with van der Waals surface area (Å²) in [7, 11) is 1.29. The lowest BCUT2D eigenvalue weighted by atomic mass is 10.3. The van der Waals surface area contributed by atoms with Gasteiger partial charge in [-0.2, -0.15) is 0 Å². The van der Waals surface area contributed by atoms with Gasteiger partial charge in [-0.25, -0.2) is 4.79 Å². The molecule has 4 nitrogen and oxygen atoms in total. The molecule has 0 aliphatic rings. The Morgan fingerprint density at radius 3 is 2.75 bits per heavy atom. The highest BCUT2D eigenvalue weighted by Crippen LogP contribution is 2.34. The molecule has 0 radical (unpaired) electrons. The molecule has 0 bridgehead atoms. The predicted molar refractivity (Wildman–Crippen MR) is 60.1 cm³/mol. The molecule has 0 spiro atoms. The number of ether oxygens (including phenoxy) is 3. The third-order valence-electron chi connectivity index (χ3n) is 1.79. The number of para-hydroxylation sites is 1. The zero-order valence-electron chi connectivity index (χ0n) is 9.16. The number of rotatable bonds is 5. The van der Waals surface area contributed by atoms with E-state index in [1.807, 2.05) is 6.92 Å². The first-order valence-electron chi connectivity index (χ1n) is 4.80. The lowest BCUT2D eigenvalue weighted by Gasteiger charge is -2.12. The maximum atomic E-state index is 10.9. The van der Waals surface area contributed by atoms with Gasteiger partial charge in [-0.3, -0.25) is 0 Å². The molecule has 5 heteroatoms. The summed E-state index contributed by atoms with van der Waals surface area (Å²) in [5, 5.41) is 0.398.